The number of carbonyl (C=O) groups is 1. The van der Waals surface area contributed by atoms with E-state index in [-0.39, 0.29) is 29.9 Å². The number of benzene rings is 2. The van der Waals surface area contributed by atoms with Gasteiger partial charge in [-0.25, -0.2) is 0 Å². The molecule has 0 spiro atoms. The highest BCUT2D eigenvalue weighted by atomic mass is 127. The Labute approximate surface area is 202 Å². The number of nitrogens with one attached hydrogen (secondary N) is 2. The Kier molecular flexibility index (Phi) is 11.2. The van der Waals surface area contributed by atoms with Crippen molar-refractivity contribution >= 4 is 35.8 Å². The van der Waals surface area contributed by atoms with Crippen LogP contribution in [0.25, 0.3) is 11.1 Å². The van der Waals surface area contributed by atoms with Crippen molar-refractivity contribution in [2.45, 2.75) is 26.2 Å². The van der Waals surface area contributed by atoms with E-state index in [1.165, 1.54) is 0 Å². The number of para-hydroxylation sites is 1. The number of ether oxygens (including phenoxy) is 1. The molecule has 2 aromatic carbocycles. The van der Waals surface area contributed by atoms with Crippen LogP contribution in [0.15, 0.2) is 59.6 Å². The van der Waals surface area contributed by atoms with Gasteiger partial charge in [0, 0.05) is 38.2 Å². The molecule has 1 amide bonds. The monoisotopic (exact) mass is 536 g/mol. The molecule has 0 aromatic heterocycles. The Morgan fingerprint density at radius 2 is 1.87 bits per heavy atom. The lowest BCUT2D eigenvalue weighted by molar-refractivity contribution is -0.127. The van der Waals surface area contributed by atoms with Gasteiger partial charge in [-0.3, -0.25) is 9.79 Å². The Balaban J connectivity index is 0.00000341. The van der Waals surface area contributed by atoms with E-state index in [0.29, 0.717) is 26.1 Å². The molecule has 3 rings (SSSR count). The first kappa shape index (κ1) is 25.0. The second-order valence-electron chi connectivity index (χ2n) is 7.24. The Hall–Kier alpha value is -2.29. The number of likely N-dealkylation sites (tertiary alicyclic amines) is 1. The summed E-state index contributed by atoms with van der Waals surface area (Å²) in [6, 6.07) is 18.4. The van der Waals surface area contributed by atoms with Crippen molar-refractivity contribution in [3.05, 3.63) is 54.6 Å². The third-order valence-corrected chi connectivity index (χ3v) is 5.00. The third-order valence-electron chi connectivity index (χ3n) is 5.00. The van der Waals surface area contributed by atoms with Gasteiger partial charge in [0.05, 0.1) is 6.54 Å². The van der Waals surface area contributed by atoms with Crippen molar-refractivity contribution in [3.63, 3.8) is 0 Å². The van der Waals surface area contributed by atoms with Gasteiger partial charge in [-0.05, 0) is 31.4 Å². The molecule has 1 fully saturated rings. The molecule has 1 aliphatic rings. The summed E-state index contributed by atoms with van der Waals surface area (Å²) in [5.41, 5.74) is 2.24. The van der Waals surface area contributed by atoms with Gasteiger partial charge >= 0.3 is 0 Å². The van der Waals surface area contributed by atoms with Crippen molar-refractivity contribution in [3.8, 4) is 16.9 Å². The highest BCUT2D eigenvalue weighted by Crippen LogP contribution is 2.29. The first-order valence-electron chi connectivity index (χ1n) is 10.8. The maximum atomic E-state index is 11.7. The van der Waals surface area contributed by atoms with Crippen LogP contribution in [-0.2, 0) is 4.79 Å². The molecule has 2 aromatic rings. The second kappa shape index (κ2) is 13.9. The average Bonchev–Trinajstić information content (AvgIpc) is 3.19. The Morgan fingerprint density at radius 3 is 2.61 bits per heavy atom. The maximum absolute atomic E-state index is 11.7. The quantitative estimate of drug-likeness (QED) is 0.209. The van der Waals surface area contributed by atoms with Crippen LogP contribution in [0.4, 0.5) is 0 Å². The van der Waals surface area contributed by atoms with Gasteiger partial charge in [-0.15, -0.1) is 24.0 Å². The molecule has 1 heterocycles. The van der Waals surface area contributed by atoms with Crippen molar-refractivity contribution in [2.24, 2.45) is 4.99 Å². The van der Waals surface area contributed by atoms with E-state index in [1.54, 1.807) is 0 Å². The molecule has 2 N–H and O–H groups in total. The van der Waals surface area contributed by atoms with Gasteiger partial charge < -0.3 is 20.3 Å². The summed E-state index contributed by atoms with van der Waals surface area (Å²) in [5.74, 6) is 1.94. The third kappa shape index (κ3) is 8.05. The van der Waals surface area contributed by atoms with E-state index in [1.807, 2.05) is 48.2 Å². The van der Waals surface area contributed by atoms with Gasteiger partial charge in [0.25, 0.3) is 0 Å². The molecular weight excluding hydrogens is 503 g/mol. The minimum Gasteiger partial charge on any atom is -0.491 e. The van der Waals surface area contributed by atoms with Crippen LogP contribution in [0, 0.1) is 0 Å². The number of aliphatic imine (C=N–C) groups is 1. The molecule has 1 aliphatic heterocycles. The van der Waals surface area contributed by atoms with E-state index in [0.717, 1.165) is 55.3 Å². The van der Waals surface area contributed by atoms with Crippen LogP contribution in [0.1, 0.15) is 26.2 Å². The number of rotatable bonds is 10. The van der Waals surface area contributed by atoms with Gasteiger partial charge in [-0.1, -0.05) is 48.5 Å². The standard InChI is InChI=1S/C24H32N4O2.HI/c1-2-25-24(26-15-9-18-28-17-8-14-23(28)29)27-16-19-30-22-13-7-6-12-21(22)20-10-4-3-5-11-20;/h3-7,10-13H,2,8-9,14-19H2,1H3,(H2,25,26,27);1H. The second-order valence-corrected chi connectivity index (χ2v) is 7.24. The number of nitrogens with zero attached hydrogens (tertiary/aromatic N) is 2. The zero-order chi connectivity index (χ0) is 21.0. The van der Waals surface area contributed by atoms with E-state index < -0.39 is 0 Å². The minimum absolute atomic E-state index is 0. The summed E-state index contributed by atoms with van der Waals surface area (Å²) in [6.07, 6.45) is 2.56. The van der Waals surface area contributed by atoms with E-state index >= 15 is 0 Å². The number of guanidine groups is 1. The predicted octanol–water partition coefficient (Wildman–Crippen LogP) is 3.92. The lowest BCUT2D eigenvalue weighted by Gasteiger charge is -2.15. The van der Waals surface area contributed by atoms with Crippen LogP contribution in [0.3, 0.4) is 0 Å². The normalized spacial score (nSPS) is 13.6. The number of amides is 1. The molecule has 31 heavy (non-hydrogen) atoms. The number of halogens is 1. The summed E-state index contributed by atoms with van der Waals surface area (Å²) < 4.78 is 6.04. The van der Waals surface area contributed by atoms with E-state index in [9.17, 15) is 4.79 Å². The molecular formula is C24H33IN4O2. The van der Waals surface area contributed by atoms with Crippen LogP contribution in [0.5, 0.6) is 5.75 Å². The SMILES string of the molecule is CCNC(=NCCCN1CCCC1=O)NCCOc1ccccc1-c1ccccc1.I. The summed E-state index contributed by atoms with van der Waals surface area (Å²) in [5, 5.41) is 6.58. The molecule has 0 atom stereocenters. The van der Waals surface area contributed by atoms with Crippen LogP contribution in [-0.4, -0.2) is 56.1 Å². The van der Waals surface area contributed by atoms with Crippen molar-refractivity contribution in [2.75, 3.05) is 39.3 Å². The fourth-order valence-electron chi connectivity index (χ4n) is 3.51. The molecule has 0 aliphatic carbocycles. The summed E-state index contributed by atoms with van der Waals surface area (Å²) in [6.45, 7) is 6.41. The van der Waals surface area contributed by atoms with Crippen molar-refractivity contribution in [1.29, 1.82) is 0 Å². The topological polar surface area (TPSA) is 66.0 Å². The van der Waals surface area contributed by atoms with Crippen LogP contribution < -0.4 is 15.4 Å². The average molecular weight is 536 g/mol. The van der Waals surface area contributed by atoms with E-state index in [4.69, 9.17) is 4.74 Å². The van der Waals surface area contributed by atoms with Crippen LogP contribution in [0.2, 0.25) is 0 Å². The predicted molar refractivity (Wildman–Crippen MR) is 137 cm³/mol. The number of hydrogen-bond acceptors (Lipinski definition) is 3. The summed E-state index contributed by atoms with van der Waals surface area (Å²) in [4.78, 5) is 18.2. The fraction of sp³-hybridized carbons (Fsp3) is 0.417. The Morgan fingerprint density at radius 1 is 1.10 bits per heavy atom. The van der Waals surface area contributed by atoms with Crippen LogP contribution >= 0.6 is 24.0 Å². The highest BCUT2D eigenvalue weighted by Gasteiger charge is 2.18. The molecule has 1 saturated heterocycles. The van der Waals surface area contributed by atoms with Gasteiger partial charge in [0.15, 0.2) is 5.96 Å². The first-order chi connectivity index (χ1) is 14.8. The lowest BCUT2D eigenvalue weighted by atomic mass is 10.1. The first-order valence-corrected chi connectivity index (χ1v) is 10.8. The highest BCUT2D eigenvalue weighted by molar-refractivity contribution is 14.0. The van der Waals surface area contributed by atoms with E-state index in [2.05, 4.69) is 33.8 Å². The minimum atomic E-state index is 0. The smallest absolute Gasteiger partial charge is 0.222 e. The Bertz CT molecular complexity index is 829. The van der Waals surface area contributed by atoms with Gasteiger partial charge in [0.2, 0.25) is 5.91 Å². The molecule has 168 valence electrons. The maximum Gasteiger partial charge on any atom is 0.222 e. The van der Waals surface area contributed by atoms with Crippen molar-refractivity contribution < 1.29 is 9.53 Å². The fourth-order valence-corrected chi connectivity index (χ4v) is 3.51. The summed E-state index contributed by atoms with van der Waals surface area (Å²) >= 11 is 0. The van der Waals surface area contributed by atoms with Crippen molar-refractivity contribution in [1.82, 2.24) is 15.5 Å². The zero-order valence-corrected chi connectivity index (χ0v) is 20.5. The lowest BCUT2D eigenvalue weighted by Crippen LogP contribution is -2.39. The number of carbonyl (C=O) groups excluding carboxylic acids is 1. The molecule has 0 saturated carbocycles. The molecule has 6 nitrogen and oxygen atoms in total. The van der Waals surface area contributed by atoms with Gasteiger partial charge in [-0.2, -0.15) is 0 Å². The molecule has 0 radical (unpaired) electrons. The molecule has 0 bridgehead atoms. The molecule has 0 unspecified atom stereocenters. The largest absolute Gasteiger partial charge is 0.491 e. The molecule has 7 heteroatoms. The summed E-state index contributed by atoms with van der Waals surface area (Å²) in [7, 11) is 0. The van der Waals surface area contributed by atoms with Gasteiger partial charge in [0.1, 0.15) is 12.4 Å². The number of hydrogen-bond donors (Lipinski definition) is 2. The zero-order valence-electron chi connectivity index (χ0n) is 18.2.